The third-order valence-electron chi connectivity index (χ3n) is 3.89. The van der Waals surface area contributed by atoms with Crippen molar-refractivity contribution in [3.05, 3.63) is 69.2 Å². The third kappa shape index (κ3) is 4.01. The van der Waals surface area contributed by atoms with E-state index in [9.17, 15) is 18.0 Å². The number of hydrogen-bond acceptors (Lipinski definition) is 6. The molecule has 0 aliphatic carbocycles. The third-order valence-corrected chi connectivity index (χ3v) is 5.33. The lowest BCUT2D eigenvalue weighted by atomic mass is 10.2. The summed E-state index contributed by atoms with van der Waals surface area (Å²) in [4.78, 5) is 31.4. The first kappa shape index (κ1) is 19.1. The van der Waals surface area contributed by atoms with E-state index < -0.39 is 21.9 Å². The Labute approximate surface area is 159 Å². The molecule has 0 aliphatic rings. The topological polar surface area (TPSA) is 106 Å². The fourth-order valence-electron chi connectivity index (χ4n) is 2.47. The molecule has 0 spiro atoms. The van der Waals surface area contributed by atoms with Crippen LogP contribution in [-0.4, -0.2) is 30.6 Å². The lowest BCUT2D eigenvalue weighted by Gasteiger charge is -2.14. The van der Waals surface area contributed by atoms with Gasteiger partial charge < -0.3 is 9.72 Å². The summed E-state index contributed by atoms with van der Waals surface area (Å²) < 4.78 is 28.7. The summed E-state index contributed by atoms with van der Waals surface area (Å²) in [5.74, 6) is -0.656. The Bertz CT molecular complexity index is 1200. The Morgan fingerprint density at radius 3 is 2.63 bits per heavy atom. The fraction of sp³-hybridized carbons (Fsp3) is 0.167. The molecule has 0 fully saturated rings. The zero-order chi connectivity index (χ0) is 19.8. The summed E-state index contributed by atoms with van der Waals surface area (Å²) in [5.41, 5.74) is 0.0291. The molecule has 1 heterocycles. The first-order chi connectivity index (χ1) is 12.7. The smallest absolute Gasteiger partial charge is 0.340 e. The summed E-state index contributed by atoms with van der Waals surface area (Å²) in [6.45, 7) is 1.54. The molecule has 27 heavy (non-hydrogen) atoms. The minimum Gasteiger partial charge on any atom is -0.451 e. The number of H-pyrrole nitrogens is 1. The van der Waals surface area contributed by atoms with Crippen molar-refractivity contribution in [3.63, 3.8) is 0 Å². The second kappa shape index (κ2) is 7.13. The van der Waals surface area contributed by atoms with Gasteiger partial charge in [-0.1, -0.05) is 23.7 Å². The monoisotopic (exact) mass is 406 g/mol. The van der Waals surface area contributed by atoms with Crippen LogP contribution in [0.25, 0.3) is 10.9 Å². The highest BCUT2D eigenvalue weighted by Gasteiger charge is 2.21. The van der Waals surface area contributed by atoms with E-state index in [0.29, 0.717) is 10.9 Å². The van der Waals surface area contributed by atoms with Gasteiger partial charge in [-0.15, -0.1) is 0 Å². The molecule has 140 valence electrons. The number of hydrogen-bond donors (Lipinski definition) is 1. The molecule has 0 aliphatic heterocycles. The van der Waals surface area contributed by atoms with Crippen molar-refractivity contribution < 1.29 is 17.9 Å². The van der Waals surface area contributed by atoms with Crippen molar-refractivity contribution in [2.45, 2.75) is 17.9 Å². The molecule has 0 amide bonds. The van der Waals surface area contributed by atoms with Crippen molar-refractivity contribution in [2.24, 2.45) is 0 Å². The summed E-state index contributed by atoms with van der Waals surface area (Å²) in [5, 5.41) is 0.475. The average Bonchev–Trinajstić information content (AvgIpc) is 2.61. The molecule has 3 aromatic rings. The number of ether oxygens (including phenoxy) is 1. The van der Waals surface area contributed by atoms with Crippen LogP contribution in [0.5, 0.6) is 0 Å². The Kier molecular flexibility index (Phi) is 5.03. The quantitative estimate of drug-likeness (QED) is 0.667. The van der Waals surface area contributed by atoms with Gasteiger partial charge in [0, 0.05) is 6.26 Å². The molecule has 0 saturated heterocycles. The summed E-state index contributed by atoms with van der Waals surface area (Å²) in [6, 6.07) is 10.6. The summed E-state index contributed by atoms with van der Waals surface area (Å²) in [6.07, 6.45) is 0.144. The van der Waals surface area contributed by atoms with Crippen LogP contribution < -0.4 is 5.56 Å². The molecule has 0 radical (unpaired) electrons. The van der Waals surface area contributed by atoms with Crippen LogP contribution in [0.2, 0.25) is 5.02 Å². The van der Waals surface area contributed by atoms with Crippen LogP contribution in [-0.2, 0) is 14.6 Å². The largest absolute Gasteiger partial charge is 0.451 e. The van der Waals surface area contributed by atoms with Gasteiger partial charge in [-0.25, -0.2) is 18.2 Å². The molecule has 2 aromatic carbocycles. The van der Waals surface area contributed by atoms with E-state index in [2.05, 4.69) is 9.97 Å². The number of halogens is 1. The highest BCUT2D eigenvalue weighted by atomic mass is 35.5. The maximum Gasteiger partial charge on any atom is 0.340 e. The summed E-state index contributed by atoms with van der Waals surface area (Å²) in [7, 11) is -3.51. The average molecular weight is 407 g/mol. The van der Waals surface area contributed by atoms with Crippen molar-refractivity contribution in [1.82, 2.24) is 9.97 Å². The van der Waals surface area contributed by atoms with Crippen molar-refractivity contribution in [3.8, 4) is 0 Å². The lowest BCUT2D eigenvalue weighted by Crippen LogP contribution is -2.17. The van der Waals surface area contributed by atoms with Crippen LogP contribution in [0.15, 0.2) is 52.2 Å². The Morgan fingerprint density at radius 2 is 1.93 bits per heavy atom. The number of rotatable bonds is 4. The molecule has 3 rings (SSSR count). The van der Waals surface area contributed by atoms with Gasteiger partial charge in [0.2, 0.25) is 0 Å². The lowest BCUT2D eigenvalue weighted by molar-refractivity contribution is 0.0320. The number of aromatic amines is 1. The van der Waals surface area contributed by atoms with Crippen LogP contribution in [0.3, 0.4) is 0 Å². The van der Waals surface area contributed by atoms with Crippen LogP contribution in [0.1, 0.15) is 29.2 Å². The molecule has 0 unspecified atom stereocenters. The molecular formula is C18H15ClN2O5S. The number of para-hydroxylation sites is 1. The van der Waals surface area contributed by atoms with E-state index in [-0.39, 0.29) is 26.9 Å². The van der Waals surface area contributed by atoms with Crippen LogP contribution >= 0.6 is 11.6 Å². The predicted molar refractivity (Wildman–Crippen MR) is 101 cm³/mol. The minimum absolute atomic E-state index is 0.0521. The number of esters is 1. The van der Waals surface area contributed by atoms with E-state index in [1.807, 2.05) is 0 Å². The van der Waals surface area contributed by atoms with E-state index in [4.69, 9.17) is 16.3 Å². The second-order valence-corrected chi connectivity index (χ2v) is 8.35. The number of benzene rings is 2. The zero-order valence-electron chi connectivity index (χ0n) is 14.4. The van der Waals surface area contributed by atoms with Gasteiger partial charge in [0.15, 0.2) is 21.8 Å². The highest BCUT2D eigenvalue weighted by Crippen LogP contribution is 2.24. The number of carbonyl (C=O) groups is 1. The van der Waals surface area contributed by atoms with E-state index >= 15 is 0 Å². The van der Waals surface area contributed by atoms with Gasteiger partial charge >= 0.3 is 5.97 Å². The van der Waals surface area contributed by atoms with Gasteiger partial charge in [-0.2, -0.15) is 0 Å². The number of nitrogens with one attached hydrogen (secondary N) is 1. The van der Waals surface area contributed by atoms with Gasteiger partial charge in [-0.05, 0) is 37.3 Å². The molecule has 1 atom stereocenters. The number of sulfone groups is 1. The van der Waals surface area contributed by atoms with Gasteiger partial charge in [0.25, 0.3) is 5.56 Å². The van der Waals surface area contributed by atoms with Gasteiger partial charge in [-0.3, -0.25) is 4.79 Å². The predicted octanol–water partition coefficient (Wildman–Crippen LogP) is 2.90. The van der Waals surface area contributed by atoms with Crippen molar-refractivity contribution in [2.75, 3.05) is 6.26 Å². The van der Waals surface area contributed by atoms with Crippen LogP contribution in [0.4, 0.5) is 0 Å². The Morgan fingerprint density at radius 1 is 1.22 bits per heavy atom. The van der Waals surface area contributed by atoms with Crippen molar-refractivity contribution >= 4 is 38.3 Å². The maximum absolute atomic E-state index is 12.5. The zero-order valence-corrected chi connectivity index (χ0v) is 16.0. The normalized spacial score (nSPS) is 12.7. The Balaban J connectivity index is 1.92. The SMILES string of the molecule is C[C@H](OC(=O)c1cc(S(C)(=O)=O)ccc1Cl)c1nc2ccccc2c(=O)[nH]1. The number of carbonyl (C=O) groups excluding carboxylic acids is 1. The van der Waals surface area contributed by atoms with Gasteiger partial charge in [0.05, 0.1) is 26.4 Å². The molecule has 0 saturated carbocycles. The molecule has 7 nitrogen and oxygen atoms in total. The number of aromatic nitrogens is 2. The number of fused-ring (bicyclic) bond motifs is 1. The first-order valence-electron chi connectivity index (χ1n) is 7.86. The molecular weight excluding hydrogens is 392 g/mol. The Hall–Kier alpha value is -2.71. The molecule has 9 heteroatoms. The fourth-order valence-corrected chi connectivity index (χ4v) is 3.31. The maximum atomic E-state index is 12.5. The van der Waals surface area contributed by atoms with Crippen molar-refractivity contribution in [1.29, 1.82) is 0 Å². The minimum atomic E-state index is -3.51. The van der Waals surface area contributed by atoms with Gasteiger partial charge in [0.1, 0.15) is 0 Å². The van der Waals surface area contributed by atoms with E-state index in [0.717, 1.165) is 12.3 Å². The molecule has 1 N–H and O–H groups in total. The van der Waals surface area contributed by atoms with E-state index in [1.54, 1.807) is 31.2 Å². The molecule has 0 bridgehead atoms. The standard InChI is InChI=1S/C18H15ClN2O5S/c1-10(16-20-15-6-4-3-5-12(15)17(22)21-16)26-18(23)13-9-11(27(2,24)25)7-8-14(13)19/h3-10H,1-2H3,(H,20,21,22)/t10-/m0/s1. The first-order valence-corrected chi connectivity index (χ1v) is 10.1. The second-order valence-electron chi connectivity index (χ2n) is 5.93. The molecule has 1 aromatic heterocycles. The van der Waals surface area contributed by atoms with Crippen LogP contribution in [0, 0.1) is 0 Å². The summed E-state index contributed by atoms with van der Waals surface area (Å²) >= 11 is 6.00. The van der Waals surface area contributed by atoms with E-state index in [1.165, 1.54) is 12.1 Å². The number of nitrogens with zero attached hydrogens (tertiary/aromatic N) is 1. The highest BCUT2D eigenvalue weighted by molar-refractivity contribution is 7.90.